The second kappa shape index (κ2) is 4.97. The summed E-state index contributed by atoms with van der Waals surface area (Å²) in [5.74, 6) is -1.17. The van der Waals surface area contributed by atoms with Crippen LogP contribution in [0.1, 0.15) is 30.9 Å². The summed E-state index contributed by atoms with van der Waals surface area (Å²) < 4.78 is 38.3. The molecule has 0 aliphatic heterocycles. The van der Waals surface area contributed by atoms with Gasteiger partial charge < -0.3 is 10.2 Å². The number of rotatable bonds is 4. The predicted octanol–water partition coefficient (Wildman–Crippen LogP) is 2.78. The summed E-state index contributed by atoms with van der Waals surface area (Å²) in [5.41, 5.74) is -3.08. The van der Waals surface area contributed by atoms with Crippen molar-refractivity contribution in [2.45, 2.75) is 31.5 Å². The van der Waals surface area contributed by atoms with E-state index < -0.39 is 29.7 Å². The fourth-order valence-electron chi connectivity index (χ4n) is 1.68. The van der Waals surface area contributed by atoms with Gasteiger partial charge in [-0.1, -0.05) is 18.2 Å². The van der Waals surface area contributed by atoms with Crippen LogP contribution < -0.4 is 0 Å². The molecule has 0 aliphatic rings. The lowest BCUT2D eigenvalue weighted by Gasteiger charge is -2.26. The zero-order chi connectivity index (χ0) is 14.0. The molecule has 0 saturated carbocycles. The van der Waals surface area contributed by atoms with E-state index in [1.165, 1.54) is 19.1 Å². The Morgan fingerprint density at radius 1 is 1.22 bits per heavy atom. The Balaban J connectivity index is 3.12. The number of carboxylic acid groups (broad SMARTS) is 1. The highest BCUT2D eigenvalue weighted by Crippen LogP contribution is 2.38. The van der Waals surface area contributed by atoms with E-state index in [4.69, 9.17) is 5.11 Å². The largest absolute Gasteiger partial charge is 0.481 e. The molecule has 100 valence electrons. The van der Waals surface area contributed by atoms with Crippen LogP contribution in [0, 0.1) is 0 Å². The van der Waals surface area contributed by atoms with Crippen molar-refractivity contribution in [2.75, 3.05) is 0 Å². The number of hydrogen-bond donors (Lipinski definition) is 2. The van der Waals surface area contributed by atoms with E-state index in [0.29, 0.717) is 0 Å². The molecule has 0 amide bonds. The summed E-state index contributed by atoms with van der Waals surface area (Å²) >= 11 is 0. The molecule has 0 spiro atoms. The second-order valence-electron chi connectivity index (χ2n) is 4.21. The minimum atomic E-state index is -4.58. The number of halogens is 3. The van der Waals surface area contributed by atoms with Gasteiger partial charge in [0.15, 0.2) is 0 Å². The SMILES string of the molecule is CC(O)(CCC(=O)O)c1ccccc1C(F)(F)F. The lowest BCUT2D eigenvalue weighted by atomic mass is 9.87. The van der Waals surface area contributed by atoms with E-state index >= 15 is 0 Å². The maximum atomic E-state index is 12.8. The van der Waals surface area contributed by atoms with Crippen LogP contribution in [0.25, 0.3) is 0 Å². The number of aliphatic carboxylic acids is 1. The van der Waals surface area contributed by atoms with Crippen LogP contribution in [-0.4, -0.2) is 16.2 Å². The average Bonchev–Trinajstić information content (AvgIpc) is 2.25. The highest BCUT2D eigenvalue weighted by molar-refractivity contribution is 5.66. The molecule has 1 unspecified atom stereocenters. The van der Waals surface area contributed by atoms with Crippen LogP contribution in [0.15, 0.2) is 24.3 Å². The molecule has 1 aromatic rings. The molecule has 1 atom stereocenters. The van der Waals surface area contributed by atoms with E-state index in [2.05, 4.69) is 0 Å². The zero-order valence-corrected chi connectivity index (χ0v) is 9.66. The maximum absolute atomic E-state index is 12.8. The van der Waals surface area contributed by atoms with Crippen molar-refractivity contribution in [2.24, 2.45) is 0 Å². The third-order valence-corrected chi connectivity index (χ3v) is 2.64. The number of carboxylic acids is 1. The number of alkyl halides is 3. The molecule has 6 heteroatoms. The second-order valence-corrected chi connectivity index (χ2v) is 4.21. The van der Waals surface area contributed by atoms with Gasteiger partial charge in [-0.05, 0) is 25.0 Å². The molecule has 0 fully saturated rings. The summed E-state index contributed by atoms with van der Waals surface area (Å²) in [6.07, 6.45) is -5.27. The molecular weight excluding hydrogens is 249 g/mol. The Bertz CT molecular complexity index is 438. The standard InChI is InChI=1S/C12H13F3O3/c1-11(18,7-6-10(16)17)8-4-2-3-5-9(8)12(13,14)15/h2-5,18H,6-7H2,1H3,(H,16,17). The van der Waals surface area contributed by atoms with Crippen LogP contribution in [-0.2, 0) is 16.6 Å². The Labute approximate surface area is 102 Å². The molecule has 0 aromatic heterocycles. The van der Waals surface area contributed by atoms with Gasteiger partial charge in [-0.2, -0.15) is 13.2 Å². The summed E-state index contributed by atoms with van der Waals surface area (Å²) in [4.78, 5) is 10.4. The van der Waals surface area contributed by atoms with Gasteiger partial charge in [0, 0.05) is 6.42 Å². The van der Waals surface area contributed by atoms with Crippen LogP contribution in [0.5, 0.6) is 0 Å². The molecule has 0 bridgehead atoms. The van der Waals surface area contributed by atoms with Crippen molar-refractivity contribution >= 4 is 5.97 Å². The van der Waals surface area contributed by atoms with Crippen molar-refractivity contribution in [3.63, 3.8) is 0 Å². The minimum Gasteiger partial charge on any atom is -0.481 e. The molecule has 3 nitrogen and oxygen atoms in total. The topological polar surface area (TPSA) is 57.5 Å². The van der Waals surface area contributed by atoms with Gasteiger partial charge in [-0.25, -0.2) is 0 Å². The number of carbonyl (C=O) groups is 1. The lowest BCUT2D eigenvalue weighted by molar-refractivity contribution is -0.141. The smallest absolute Gasteiger partial charge is 0.416 e. The molecule has 1 rings (SSSR count). The molecular formula is C12H13F3O3. The predicted molar refractivity (Wildman–Crippen MR) is 57.9 cm³/mol. The first kappa shape index (κ1) is 14.5. The summed E-state index contributed by atoms with van der Waals surface area (Å²) in [5, 5.41) is 18.5. The lowest BCUT2D eigenvalue weighted by Crippen LogP contribution is -2.26. The van der Waals surface area contributed by atoms with E-state index in [0.717, 1.165) is 12.1 Å². The first-order valence-electron chi connectivity index (χ1n) is 5.25. The highest BCUT2D eigenvalue weighted by Gasteiger charge is 2.38. The summed E-state index contributed by atoms with van der Waals surface area (Å²) in [6.45, 7) is 1.18. The first-order valence-corrected chi connectivity index (χ1v) is 5.25. The molecule has 1 aromatic carbocycles. The fraction of sp³-hybridized carbons (Fsp3) is 0.417. The van der Waals surface area contributed by atoms with Gasteiger partial charge in [-0.15, -0.1) is 0 Å². The average molecular weight is 262 g/mol. The van der Waals surface area contributed by atoms with Crippen molar-refractivity contribution in [1.29, 1.82) is 0 Å². The number of hydrogen-bond acceptors (Lipinski definition) is 2. The maximum Gasteiger partial charge on any atom is 0.416 e. The Morgan fingerprint density at radius 3 is 2.17 bits per heavy atom. The number of benzene rings is 1. The quantitative estimate of drug-likeness (QED) is 0.877. The van der Waals surface area contributed by atoms with E-state index in [-0.39, 0.29) is 12.0 Å². The van der Waals surface area contributed by atoms with Gasteiger partial charge >= 0.3 is 12.1 Å². The van der Waals surface area contributed by atoms with E-state index in [1.54, 1.807) is 0 Å². The van der Waals surface area contributed by atoms with Crippen LogP contribution >= 0.6 is 0 Å². The van der Waals surface area contributed by atoms with Gasteiger partial charge in [0.05, 0.1) is 11.2 Å². The molecule has 2 N–H and O–H groups in total. The minimum absolute atomic E-state index is 0.282. The Kier molecular flexibility index (Phi) is 4.01. The van der Waals surface area contributed by atoms with Crippen molar-refractivity contribution < 1.29 is 28.2 Å². The normalized spacial score (nSPS) is 15.2. The summed E-state index contributed by atoms with van der Waals surface area (Å²) in [6, 6.07) is 4.62. The molecule has 18 heavy (non-hydrogen) atoms. The fourth-order valence-corrected chi connectivity index (χ4v) is 1.68. The Morgan fingerprint density at radius 2 is 1.72 bits per heavy atom. The van der Waals surface area contributed by atoms with Gasteiger partial charge in [0.2, 0.25) is 0 Å². The molecule has 0 heterocycles. The van der Waals surface area contributed by atoms with Crippen molar-refractivity contribution in [3.05, 3.63) is 35.4 Å². The van der Waals surface area contributed by atoms with Crippen molar-refractivity contribution in [1.82, 2.24) is 0 Å². The van der Waals surface area contributed by atoms with E-state index in [9.17, 15) is 23.1 Å². The van der Waals surface area contributed by atoms with Gasteiger partial charge in [-0.3, -0.25) is 4.79 Å². The molecule has 0 saturated heterocycles. The monoisotopic (exact) mass is 262 g/mol. The molecule has 0 aliphatic carbocycles. The van der Waals surface area contributed by atoms with E-state index in [1.807, 2.05) is 0 Å². The Hall–Kier alpha value is -1.56. The van der Waals surface area contributed by atoms with Gasteiger partial charge in [0.1, 0.15) is 0 Å². The van der Waals surface area contributed by atoms with Crippen molar-refractivity contribution in [3.8, 4) is 0 Å². The van der Waals surface area contributed by atoms with Crippen LogP contribution in [0.4, 0.5) is 13.2 Å². The summed E-state index contributed by atoms with van der Waals surface area (Å²) in [7, 11) is 0. The first-order chi connectivity index (χ1) is 8.14. The van der Waals surface area contributed by atoms with Gasteiger partial charge in [0.25, 0.3) is 0 Å². The zero-order valence-electron chi connectivity index (χ0n) is 9.66. The highest BCUT2D eigenvalue weighted by atomic mass is 19.4. The van der Waals surface area contributed by atoms with Crippen LogP contribution in [0.3, 0.4) is 0 Å². The number of aliphatic hydroxyl groups is 1. The third-order valence-electron chi connectivity index (χ3n) is 2.64. The van der Waals surface area contributed by atoms with Crippen LogP contribution in [0.2, 0.25) is 0 Å². The third kappa shape index (κ3) is 3.46. The molecule has 0 radical (unpaired) electrons.